The average molecular weight is 583 g/mol. The molecule has 0 saturated heterocycles. The minimum absolute atomic E-state index is 0.148. The number of benzene rings is 1. The Bertz CT molecular complexity index is 794. The summed E-state index contributed by atoms with van der Waals surface area (Å²) in [4.78, 5) is 25.4. The summed E-state index contributed by atoms with van der Waals surface area (Å²) in [5.41, 5.74) is 7.30. The lowest BCUT2D eigenvalue weighted by Gasteiger charge is -2.19. The molecule has 0 aromatic heterocycles. The van der Waals surface area contributed by atoms with E-state index in [1.165, 1.54) is 0 Å². The maximum atomic E-state index is 12.9. The van der Waals surface area contributed by atoms with Crippen molar-refractivity contribution in [2.24, 2.45) is 5.73 Å². The van der Waals surface area contributed by atoms with E-state index in [2.05, 4.69) is 29.8 Å². The fraction of sp³-hybridized carbons (Fsp3) is 0.733. The molecule has 41 heavy (non-hydrogen) atoms. The summed E-state index contributed by atoms with van der Waals surface area (Å²) in [7, 11) is 0. The second-order valence-corrected chi connectivity index (χ2v) is 10.3. The molecular weight excluding hydrogens is 528 g/mol. The number of ether oxygens (including phenoxy) is 5. The van der Waals surface area contributed by atoms with Crippen LogP contribution in [-0.2, 0) is 39.9 Å². The second-order valence-electron chi connectivity index (χ2n) is 10.3. The van der Waals surface area contributed by atoms with Gasteiger partial charge in [-0.2, -0.15) is 0 Å². The summed E-state index contributed by atoms with van der Waals surface area (Å²) >= 11 is 0. The number of rotatable bonds is 26. The van der Waals surface area contributed by atoms with Crippen LogP contribution < -0.4 is 21.7 Å². The van der Waals surface area contributed by atoms with Crippen LogP contribution in [0.1, 0.15) is 58.9 Å². The summed E-state index contributed by atoms with van der Waals surface area (Å²) < 4.78 is 27.5. The highest BCUT2D eigenvalue weighted by molar-refractivity contribution is 5.97. The molecule has 236 valence electrons. The van der Waals surface area contributed by atoms with Crippen molar-refractivity contribution in [3.63, 3.8) is 0 Å². The number of anilines is 1. The molecule has 1 aromatic rings. The summed E-state index contributed by atoms with van der Waals surface area (Å²) in [6, 6.07) is 7.31. The number of hydrogen-bond acceptors (Lipinski definition) is 9. The number of amides is 2. The largest absolute Gasteiger partial charge is 0.379 e. The van der Waals surface area contributed by atoms with Gasteiger partial charge in [0.25, 0.3) is 0 Å². The van der Waals surface area contributed by atoms with E-state index < -0.39 is 6.04 Å². The number of carbonyl (C=O) groups excluding carboxylic acids is 2. The molecule has 1 atom stereocenters. The summed E-state index contributed by atoms with van der Waals surface area (Å²) in [6.07, 6.45) is 2.33. The Morgan fingerprint density at radius 2 is 1.39 bits per heavy atom. The van der Waals surface area contributed by atoms with Crippen molar-refractivity contribution < 1.29 is 33.3 Å². The fourth-order valence-electron chi connectivity index (χ4n) is 3.55. The Morgan fingerprint density at radius 3 is 1.95 bits per heavy atom. The van der Waals surface area contributed by atoms with Crippen LogP contribution in [0.2, 0.25) is 0 Å². The van der Waals surface area contributed by atoms with Gasteiger partial charge in [0.15, 0.2) is 0 Å². The van der Waals surface area contributed by atoms with Crippen molar-refractivity contribution in [3.8, 4) is 0 Å². The first-order valence-corrected chi connectivity index (χ1v) is 14.9. The number of nitrogens with two attached hydrogens (primary N) is 1. The third-order valence-corrected chi connectivity index (χ3v) is 5.79. The van der Waals surface area contributed by atoms with Gasteiger partial charge in [-0.15, -0.1) is 0 Å². The molecule has 2 amide bonds. The third-order valence-electron chi connectivity index (χ3n) is 5.79. The lowest BCUT2D eigenvalue weighted by atomic mass is 10.1. The van der Waals surface area contributed by atoms with E-state index in [1.807, 2.05) is 38.1 Å². The van der Waals surface area contributed by atoms with Crippen molar-refractivity contribution in [1.82, 2.24) is 10.6 Å². The van der Waals surface area contributed by atoms with Gasteiger partial charge in [-0.3, -0.25) is 9.59 Å². The second kappa shape index (κ2) is 24.5. The van der Waals surface area contributed by atoms with Crippen LogP contribution in [-0.4, -0.2) is 95.9 Å². The van der Waals surface area contributed by atoms with Crippen molar-refractivity contribution in [2.75, 3.05) is 71.3 Å². The standard InChI is InChI=1S/C30H54N4O7/c1-24(2)32-14-16-38-18-20-40-22-21-39-19-17-37-15-12-29(35)34-28(7-5-6-13-31)30(36)33-27-10-8-26(9-11-27)23-41-25(3)4/h8-11,24-25,28,32H,5-7,12-23,31H2,1-4H3,(H,33,36)(H,34,35)/t28-/m0/s1. The highest BCUT2D eigenvalue weighted by Crippen LogP contribution is 2.13. The van der Waals surface area contributed by atoms with E-state index in [4.69, 9.17) is 29.4 Å². The Labute approximate surface area is 246 Å². The molecule has 11 nitrogen and oxygen atoms in total. The SMILES string of the molecule is CC(C)NCCOCCOCCOCCOCCC(=O)N[C@@H](CCCCN)C(=O)Nc1ccc(COC(C)C)cc1. The van der Waals surface area contributed by atoms with Crippen LogP contribution >= 0.6 is 0 Å². The average Bonchev–Trinajstić information content (AvgIpc) is 2.94. The molecule has 0 fully saturated rings. The number of nitrogens with one attached hydrogen (secondary N) is 3. The van der Waals surface area contributed by atoms with E-state index in [0.717, 1.165) is 24.9 Å². The maximum Gasteiger partial charge on any atom is 0.246 e. The molecule has 1 rings (SSSR count). The Hall–Kier alpha value is -2.12. The van der Waals surface area contributed by atoms with Crippen molar-refractivity contribution >= 4 is 17.5 Å². The summed E-state index contributed by atoms with van der Waals surface area (Å²) in [5.74, 6) is -0.497. The van der Waals surface area contributed by atoms with E-state index in [-0.39, 0.29) is 30.9 Å². The first-order valence-electron chi connectivity index (χ1n) is 14.9. The Balaban J connectivity index is 2.20. The molecule has 0 aliphatic heterocycles. The highest BCUT2D eigenvalue weighted by Gasteiger charge is 2.20. The number of hydrogen-bond donors (Lipinski definition) is 4. The summed E-state index contributed by atoms with van der Waals surface area (Å²) in [5, 5.41) is 9.02. The molecule has 0 radical (unpaired) electrons. The van der Waals surface area contributed by atoms with Crippen LogP contribution in [0.4, 0.5) is 5.69 Å². The molecule has 0 spiro atoms. The molecule has 0 aliphatic rings. The minimum Gasteiger partial charge on any atom is -0.379 e. The zero-order valence-electron chi connectivity index (χ0n) is 25.6. The van der Waals surface area contributed by atoms with Crippen molar-refractivity contribution in [3.05, 3.63) is 29.8 Å². The number of unbranched alkanes of at least 4 members (excludes halogenated alkanes) is 1. The van der Waals surface area contributed by atoms with E-state index in [0.29, 0.717) is 77.5 Å². The van der Waals surface area contributed by atoms with Crippen LogP contribution in [0.15, 0.2) is 24.3 Å². The molecule has 0 saturated carbocycles. The topological polar surface area (TPSA) is 142 Å². The van der Waals surface area contributed by atoms with E-state index >= 15 is 0 Å². The predicted octanol–water partition coefficient (Wildman–Crippen LogP) is 2.62. The van der Waals surface area contributed by atoms with Gasteiger partial charge in [-0.25, -0.2) is 0 Å². The maximum absolute atomic E-state index is 12.9. The van der Waals surface area contributed by atoms with E-state index in [9.17, 15) is 9.59 Å². The summed E-state index contributed by atoms with van der Waals surface area (Å²) in [6.45, 7) is 13.8. The quantitative estimate of drug-likeness (QED) is 0.121. The van der Waals surface area contributed by atoms with Crippen molar-refractivity contribution in [1.29, 1.82) is 0 Å². The predicted molar refractivity (Wildman–Crippen MR) is 161 cm³/mol. The third kappa shape index (κ3) is 21.3. The van der Waals surface area contributed by atoms with Gasteiger partial charge in [0.05, 0.1) is 65.6 Å². The van der Waals surface area contributed by atoms with Gasteiger partial charge in [0, 0.05) is 24.7 Å². The van der Waals surface area contributed by atoms with Gasteiger partial charge in [0.1, 0.15) is 6.04 Å². The minimum atomic E-state index is -0.650. The van der Waals surface area contributed by atoms with Gasteiger partial charge in [-0.1, -0.05) is 26.0 Å². The van der Waals surface area contributed by atoms with Gasteiger partial charge in [-0.05, 0) is 57.4 Å². The monoisotopic (exact) mass is 582 g/mol. The first-order chi connectivity index (χ1) is 19.8. The van der Waals surface area contributed by atoms with Crippen LogP contribution in [0.25, 0.3) is 0 Å². The van der Waals surface area contributed by atoms with Crippen LogP contribution in [0, 0.1) is 0 Å². The van der Waals surface area contributed by atoms with Gasteiger partial charge in [0.2, 0.25) is 11.8 Å². The smallest absolute Gasteiger partial charge is 0.246 e. The normalized spacial score (nSPS) is 12.2. The molecule has 0 heterocycles. The molecule has 0 aliphatic carbocycles. The Kier molecular flexibility index (Phi) is 22.0. The zero-order chi connectivity index (χ0) is 30.1. The molecule has 0 unspecified atom stereocenters. The van der Waals surface area contributed by atoms with Crippen LogP contribution in [0.5, 0.6) is 0 Å². The van der Waals surface area contributed by atoms with Gasteiger partial charge < -0.3 is 45.4 Å². The molecule has 5 N–H and O–H groups in total. The highest BCUT2D eigenvalue weighted by atomic mass is 16.6. The number of carbonyl (C=O) groups is 2. The lowest BCUT2D eigenvalue weighted by molar-refractivity contribution is -0.127. The lowest BCUT2D eigenvalue weighted by Crippen LogP contribution is -2.44. The molecule has 11 heteroatoms. The van der Waals surface area contributed by atoms with Crippen LogP contribution in [0.3, 0.4) is 0 Å². The van der Waals surface area contributed by atoms with Crippen molar-refractivity contribution in [2.45, 2.75) is 78.2 Å². The zero-order valence-corrected chi connectivity index (χ0v) is 25.6. The molecule has 0 bridgehead atoms. The Morgan fingerprint density at radius 1 is 0.805 bits per heavy atom. The van der Waals surface area contributed by atoms with Gasteiger partial charge >= 0.3 is 0 Å². The molecule has 1 aromatic carbocycles. The molecular formula is C30H54N4O7. The fourth-order valence-corrected chi connectivity index (χ4v) is 3.55. The first kappa shape index (κ1) is 36.9. The van der Waals surface area contributed by atoms with E-state index in [1.54, 1.807) is 0 Å².